The van der Waals surface area contributed by atoms with Crippen molar-refractivity contribution in [1.29, 1.82) is 5.26 Å². The summed E-state index contributed by atoms with van der Waals surface area (Å²) >= 11 is 0. The van der Waals surface area contributed by atoms with E-state index in [9.17, 15) is 17.6 Å². The van der Waals surface area contributed by atoms with E-state index in [1.165, 1.54) is 6.07 Å². The van der Waals surface area contributed by atoms with E-state index in [1.54, 1.807) is 0 Å². The minimum atomic E-state index is -3.46. The van der Waals surface area contributed by atoms with Crippen LogP contribution < -0.4 is 4.74 Å². The van der Waals surface area contributed by atoms with Crippen molar-refractivity contribution in [1.82, 2.24) is 0 Å². The molecule has 1 fully saturated rings. The fraction of sp³-hybridized carbons (Fsp3) is 0.500. The number of nitrogens with zero attached hydrogens (tertiary/aromatic N) is 1. The maximum absolute atomic E-state index is 13.9. The molecular formula is C14H13F4NO. The highest BCUT2D eigenvalue weighted by molar-refractivity contribution is 5.38. The largest absolute Gasteiger partial charge is 0.432 e. The minimum Gasteiger partial charge on any atom is -0.432 e. The van der Waals surface area contributed by atoms with Crippen molar-refractivity contribution >= 4 is 0 Å². The van der Waals surface area contributed by atoms with Crippen LogP contribution in [-0.4, -0.2) is 6.11 Å². The quantitative estimate of drug-likeness (QED) is 0.772. The molecule has 0 N–H and O–H groups in total. The predicted molar refractivity (Wildman–Crippen MR) is 63.2 cm³/mol. The molecule has 108 valence electrons. The van der Waals surface area contributed by atoms with Crippen LogP contribution in [0, 0.1) is 28.9 Å². The lowest BCUT2D eigenvalue weighted by Crippen LogP contribution is -2.36. The predicted octanol–water partition coefficient (Wildman–Crippen LogP) is 4.39. The fourth-order valence-electron chi connectivity index (χ4n) is 2.39. The summed E-state index contributed by atoms with van der Waals surface area (Å²) < 4.78 is 59.0. The van der Waals surface area contributed by atoms with Gasteiger partial charge in [0.05, 0.1) is 5.92 Å². The first-order chi connectivity index (χ1) is 9.44. The number of benzene rings is 1. The van der Waals surface area contributed by atoms with Crippen LogP contribution in [0.2, 0.25) is 0 Å². The van der Waals surface area contributed by atoms with Crippen LogP contribution in [0.3, 0.4) is 0 Å². The number of nitriles is 1. The molecule has 2 nitrogen and oxygen atoms in total. The Labute approximate surface area is 114 Å². The molecule has 0 aliphatic heterocycles. The number of halogens is 4. The summed E-state index contributed by atoms with van der Waals surface area (Å²) in [5.74, 6) is -3.96. The molecular weight excluding hydrogens is 274 g/mol. The highest BCUT2D eigenvalue weighted by atomic mass is 19.3. The van der Waals surface area contributed by atoms with E-state index in [-0.39, 0.29) is 0 Å². The van der Waals surface area contributed by atoms with Crippen LogP contribution in [0.5, 0.6) is 5.75 Å². The van der Waals surface area contributed by atoms with E-state index in [0.717, 1.165) is 6.42 Å². The van der Waals surface area contributed by atoms with Gasteiger partial charge >= 0.3 is 6.11 Å². The van der Waals surface area contributed by atoms with Crippen LogP contribution >= 0.6 is 0 Å². The normalized spacial score (nSPS) is 16.8. The summed E-state index contributed by atoms with van der Waals surface area (Å²) in [6, 6.07) is 2.54. The molecule has 0 radical (unpaired) electrons. The first kappa shape index (κ1) is 14.6. The Bertz CT molecular complexity index is 509. The zero-order valence-electron chi connectivity index (χ0n) is 10.6. The van der Waals surface area contributed by atoms with Crippen molar-refractivity contribution in [3.8, 4) is 11.8 Å². The summed E-state index contributed by atoms with van der Waals surface area (Å²) in [6.07, 6.45) is -0.512. The highest BCUT2D eigenvalue weighted by Gasteiger charge is 2.42. The van der Waals surface area contributed by atoms with Gasteiger partial charge in [0.15, 0.2) is 0 Å². The third-order valence-electron chi connectivity index (χ3n) is 3.46. The molecule has 0 unspecified atom stereocenters. The van der Waals surface area contributed by atoms with Crippen LogP contribution in [0.15, 0.2) is 12.1 Å². The Hall–Kier alpha value is -1.77. The van der Waals surface area contributed by atoms with Crippen molar-refractivity contribution in [3.05, 3.63) is 29.3 Å². The van der Waals surface area contributed by atoms with E-state index < -0.39 is 35.0 Å². The van der Waals surface area contributed by atoms with Gasteiger partial charge in [0.25, 0.3) is 0 Å². The van der Waals surface area contributed by atoms with Crippen LogP contribution in [0.25, 0.3) is 0 Å². The second-order valence-corrected chi connectivity index (χ2v) is 4.87. The lowest BCUT2D eigenvalue weighted by Gasteiger charge is -2.29. The second kappa shape index (κ2) is 5.70. The number of alkyl halides is 2. The number of rotatable bonds is 3. The third-order valence-corrected chi connectivity index (χ3v) is 3.46. The molecule has 1 aliphatic rings. The Balaban J connectivity index is 2.18. The monoisotopic (exact) mass is 287 g/mol. The molecule has 0 saturated heterocycles. The summed E-state index contributed by atoms with van der Waals surface area (Å²) in [7, 11) is 0. The molecule has 0 spiro atoms. The Kier molecular flexibility index (Phi) is 4.17. The first-order valence-electron chi connectivity index (χ1n) is 6.40. The van der Waals surface area contributed by atoms with E-state index in [2.05, 4.69) is 4.74 Å². The number of hydrogen-bond donors (Lipinski definition) is 0. The van der Waals surface area contributed by atoms with Crippen LogP contribution in [0.4, 0.5) is 17.6 Å². The van der Waals surface area contributed by atoms with Gasteiger partial charge < -0.3 is 4.74 Å². The topological polar surface area (TPSA) is 33.0 Å². The molecule has 0 heterocycles. The van der Waals surface area contributed by atoms with E-state index in [4.69, 9.17) is 5.26 Å². The van der Waals surface area contributed by atoms with Crippen LogP contribution in [0.1, 0.15) is 37.7 Å². The molecule has 1 aromatic carbocycles. The zero-order chi connectivity index (χ0) is 14.8. The third kappa shape index (κ3) is 3.03. The van der Waals surface area contributed by atoms with Crippen LogP contribution in [-0.2, 0) is 0 Å². The van der Waals surface area contributed by atoms with Crippen molar-refractivity contribution in [3.63, 3.8) is 0 Å². The number of ether oxygens (including phenoxy) is 1. The van der Waals surface area contributed by atoms with Gasteiger partial charge in [-0.1, -0.05) is 19.3 Å². The minimum absolute atomic E-state index is 0.328. The molecule has 1 aromatic rings. The van der Waals surface area contributed by atoms with E-state index >= 15 is 0 Å². The van der Waals surface area contributed by atoms with Gasteiger partial charge in [0.2, 0.25) is 0 Å². The average Bonchev–Trinajstić information content (AvgIpc) is 2.39. The van der Waals surface area contributed by atoms with Gasteiger partial charge in [0.1, 0.15) is 29.0 Å². The van der Waals surface area contributed by atoms with Gasteiger partial charge in [-0.05, 0) is 12.8 Å². The summed E-state index contributed by atoms with van der Waals surface area (Å²) in [5.41, 5.74) is -0.807. The molecule has 1 saturated carbocycles. The summed E-state index contributed by atoms with van der Waals surface area (Å²) in [6.45, 7) is 0. The van der Waals surface area contributed by atoms with Gasteiger partial charge in [0, 0.05) is 12.1 Å². The highest BCUT2D eigenvalue weighted by Crippen LogP contribution is 2.38. The Morgan fingerprint density at radius 3 is 2.15 bits per heavy atom. The van der Waals surface area contributed by atoms with Crippen molar-refractivity contribution in [2.24, 2.45) is 5.92 Å². The second-order valence-electron chi connectivity index (χ2n) is 4.87. The average molecular weight is 287 g/mol. The lowest BCUT2D eigenvalue weighted by molar-refractivity contribution is -0.222. The Morgan fingerprint density at radius 1 is 1.10 bits per heavy atom. The summed E-state index contributed by atoms with van der Waals surface area (Å²) in [4.78, 5) is 0. The molecule has 20 heavy (non-hydrogen) atoms. The Morgan fingerprint density at radius 2 is 1.65 bits per heavy atom. The van der Waals surface area contributed by atoms with Crippen molar-refractivity contribution in [2.45, 2.75) is 38.2 Å². The van der Waals surface area contributed by atoms with Gasteiger partial charge in [-0.25, -0.2) is 8.78 Å². The molecule has 6 heteroatoms. The molecule has 0 amide bonds. The lowest BCUT2D eigenvalue weighted by atomic mass is 9.88. The van der Waals surface area contributed by atoms with Gasteiger partial charge in [-0.2, -0.15) is 14.0 Å². The molecule has 0 aromatic heterocycles. The smallest absolute Gasteiger partial charge is 0.400 e. The summed E-state index contributed by atoms with van der Waals surface area (Å²) in [5, 5.41) is 8.51. The standard InChI is InChI=1S/C14H13F4NO/c15-12-6-10(7-13(16)11(12)8-19)20-14(17,18)9-4-2-1-3-5-9/h6-7,9H,1-5H2. The number of hydrogen-bond acceptors (Lipinski definition) is 2. The van der Waals surface area contributed by atoms with Gasteiger partial charge in [-0.3, -0.25) is 0 Å². The fourth-order valence-corrected chi connectivity index (χ4v) is 2.39. The maximum Gasteiger partial charge on any atom is 0.400 e. The zero-order valence-corrected chi connectivity index (χ0v) is 10.6. The molecule has 1 aliphatic carbocycles. The molecule has 0 bridgehead atoms. The maximum atomic E-state index is 13.9. The van der Waals surface area contributed by atoms with Gasteiger partial charge in [-0.15, -0.1) is 0 Å². The van der Waals surface area contributed by atoms with Crippen molar-refractivity contribution < 1.29 is 22.3 Å². The van der Waals surface area contributed by atoms with Crippen molar-refractivity contribution in [2.75, 3.05) is 0 Å². The first-order valence-corrected chi connectivity index (χ1v) is 6.40. The SMILES string of the molecule is N#Cc1c(F)cc(OC(F)(F)C2CCCCC2)cc1F. The van der Waals surface area contributed by atoms with E-state index in [0.29, 0.717) is 37.8 Å². The molecule has 0 atom stereocenters. The van der Waals surface area contributed by atoms with E-state index in [1.807, 2.05) is 0 Å². The molecule has 2 rings (SSSR count).